The number of ether oxygens (including phenoxy) is 1. The van der Waals surface area contributed by atoms with Crippen LogP contribution >= 0.6 is 11.8 Å². The Bertz CT molecular complexity index is 945. The van der Waals surface area contributed by atoms with Gasteiger partial charge in [-0.3, -0.25) is 14.4 Å². The third-order valence-electron chi connectivity index (χ3n) is 5.10. The predicted molar refractivity (Wildman–Crippen MR) is 136 cm³/mol. The molecule has 2 N–H and O–H groups in total. The summed E-state index contributed by atoms with van der Waals surface area (Å²) >= 11 is 1.45. The SMILES string of the molecule is CCCCCC(=O)CSCc1occc1NC(=O)[C@H](CC(C)C)NC(=O)COc1ccc(F)cc1. The zero-order valence-electron chi connectivity index (χ0n) is 20.6. The van der Waals surface area contributed by atoms with Crippen molar-refractivity contribution >= 4 is 35.0 Å². The van der Waals surface area contributed by atoms with Crippen molar-refractivity contribution in [2.45, 2.75) is 64.7 Å². The topological polar surface area (TPSA) is 97.6 Å². The molecule has 0 fully saturated rings. The fourth-order valence-corrected chi connectivity index (χ4v) is 4.19. The lowest BCUT2D eigenvalue weighted by molar-refractivity contribution is -0.128. The lowest BCUT2D eigenvalue weighted by Gasteiger charge is -2.20. The number of rotatable bonds is 16. The van der Waals surface area contributed by atoms with Crippen molar-refractivity contribution in [2.24, 2.45) is 5.92 Å². The van der Waals surface area contributed by atoms with E-state index in [4.69, 9.17) is 9.15 Å². The fraction of sp³-hybridized carbons (Fsp3) is 0.500. The summed E-state index contributed by atoms with van der Waals surface area (Å²) in [5.41, 5.74) is 0.520. The molecule has 0 aliphatic carbocycles. The molecule has 0 saturated carbocycles. The highest BCUT2D eigenvalue weighted by Gasteiger charge is 2.23. The van der Waals surface area contributed by atoms with Crippen LogP contribution < -0.4 is 15.4 Å². The second-order valence-electron chi connectivity index (χ2n) is 8.73. The quantitative estimate of drug-likeness (QED) is 0.298. The Morgan fingerprint density at radius 3 is 2.54 bits per heavy atom. The molecule has 0 radical (unpaired) electrons. The molecule has 1 atom stereocenters. The summed E-state index contributed by atoms with van der Waals surface area (Å²) < 4.78 is 23.9. The number of thioether (sulfide) groups is 1. The Kier molecular flexibility index (Phi) is 12.4. The maximum atomic E-state index is 13.0. The average molecular weight is 507 g/mol. The third-order valence-corrected chi connectivity index (χ3v) is 6.09. The van der Waals surface area contributed by atoms with E-state index in [2.05, 4.69) is 17.6 Å². The molecule has 192 valence electrons. The second kappa shape index (κ2) is 15.2. The second-order valence-corrected chi connectivity index (χ2v) is 9.71. The maximum absolute atomic E-state index is 13.0. The molecule has 0 unspecified atom stereocenters. The highest BCUT2D eigenvalue weighted by molar-refractivity contribution is 7.99. The molecule has 9 heteroatoms. The van der Waals surface area contributed by atoms with Crippen LogP contribution in [0.25, 0.3) is 0 Å². The molecule has 1 aromatic heterocycles. The first-order valence-corrected chi connectivity index (χ1v) is 13.1. The first-order valence-electron chi connectivity index (χ1n) is 11.9. The number of halogens is 1. The number of furan rings is 1. The van der Waals surface area contributed by atoms with E-state index in [0.717, 1.165) is 19.3 Å². The Labute approximate surface area is 210 Å². The van der Waals surface area contributed by atoms with Gasteiger partial charge in [-0.15, -0.1) is 11.8 Å². The van der Waals surface area contributed by atoms with Crippen molar-refractivity contribution in [2.75, 3.05) is 17.7 Å². The highest BCUT2D eigenvalue weighted by Crippen LogP contribution is 2.23. The lowest BCUT2D eigenvalue weighted by atomic mass is 10.0. The van der Waals surface area contributed by atoms with E-state index in [0.29, 0.717) is 41.5 Å². The van der Waals surface area contributed by atoms with Gasteiger partial charge >= 0.3 is 0 Å². The summed E-state index contributed by atoms with van der Waals surface area (Å²) in [5, 5.41) is 5.55. The van der Waals surface area contributed by atoms with Gasteiger partial charge in [0.1, 0.15) is 29.2 Å². The molecule has 0 saturated heterocycles. The fourth-order valence-electron chi connectivity index (χ4n) is 3.30. The lowest BCUT2D eigenvalue weighted by Crippen LogP contribution is -2.46. The van der Waals surface area contributed by atoms with Crippen molar-refractivity contribution in [3.05, 3.63) is 48.2 Å². The van der Waals surface area contributed by atoms with Gasteiger partial charge in [0.05, 0.1) is 23.5 Å². The van der Waals surface area contributed by atoms with E-state index in [1.807, 2.05) is 13.8 Å². The smallest absolute Gasteiger partial charge is 0.258 e. The van der Waals surface area contributed by atoms with E-state index in [1.165, 1.54) is 42.3 Å². The van der Waals surface area contributed by atoms with Gasteiger partial charge < -0.3 is 19.8 Å². The van der Waals surface area contributed by atoms with Gasteiger partial charge in [-0.1, -0.05) is 33.6 Å². The zero-order chi connectivity index (χ0) is 25.6. The van der Waals surface area contributed by atoms with Crippen molar-refractivity contribution in [3.63, 3.8) is 0 Å². The van der Waals surface area contributed by atoms with Crippen LogP contribution in [-0.2, 0) is 20.1 Å². The summed E-state index contributed by atoms with van der Waals surface area (Å²) in [6, 6.07) is 6.23. The molecule has 35 heavy (non-hydrogen) atoms. The number of anilines is 1. The van der Waals surface area contributed by atoms with E-state index in [-0.39, 0.29) is 24.2 Å². The van der Waals surface area contributed by atoms with Crippen molar-refractivity contribution in [3.8, 4) is 5.75 Å². The summed E-state index contributed by atoms with van der Waals surface area (Å²) in [6.45, 7) is 5.72. The van der Waals surface area contributed by atoms with Crippen LogP contribution in [0.3, 0.4) is 0 Å². The Hall–Kier alpha value is -2.81. The van der Waals surface area contributed by atoms with Gasteiger partial charge in [-0.05, 0) is 43.0 Å². The van der Waals surface area contributed by atoms with Gasteiger partial charge in [-0.25, -0.2) is 4.39 Å². The van der Waals surface area contributed by atoms with Gasteiger partial charge in [0, 0.05) is 12.5 Å². The van der Waals surface area contributed by atoms with E-state index >= 15 is 0 Å². The molecule has 0 spiro atoms. The van der Waals surface area contributed by atoms with E-state index in [9.17, 15) is 18.8 Å². The summed E-state index contributed by atoms with van der Waals surface area (Å²) in [5.74, 6) is 0.926. The number of Topliss-reactive ketones (excluding diaryl/α,β-unsaturated/α-hetero) is 1. The molecular formula is C26H35FN2O5S. The molecule has 7 nitrogen and oxygen atoms in total. The van der Waals surface area contributed by atoms with Crippen LogP contribution in [0.1, 0.15) is 58.6 Å². The minimum atomic E-state index is -0.769. The van der Waals surface area contributed by atoms with Crippen LogP contribution in [0, 0.1) is 11.7 Å². The predicted octanol–water partition coefficient (Wildman–Crippen LogP) is 5.35. The Balaban J connectivity index is 1.87. The first-order chi connectivity index (χ1) is 16.8. The number of nitrogens with one attached hydrogen (secondary N) is 2. The minimum Gasteiger partial charge on any atom is -0.484 e. The summed E-state index contributed by atoms with van der Waals surface area (Å²) in [7, 11) is 0. The van der Waals surface area contributed by atoms with E-state index in [1.54, 1.807) is 6.07 Å². The minimum absolute atomic E-state index is 0.155. The van der Waals surface area contributed by atoms with Gasteiger partial charge in [-0.2, -0.15) is 0 Å². The molecule has 1 aromatic carbocycles. The number of ketones is 1. The molecule has 2 aromatic rings. The first kappa shape index (κ1) is 28.4. The molecule has 2 rings (SSSR count). The molecular weight excluding hydrogens is 471 g/mol. The average Bonchev–Trinajstić information content (AvgIpc) is 3.25. The van der Waals surface area contributed by atoms with Crippen molar-refractivity contribution in [1.82, 2.24) is 5.32 Å². The maximum Gasteiger partial charge on any atom is 0.258 e. The van der Waals surface area contributed by atoms with Crippen LogP contribution in [0.15, 0.2) is 41.0 Å². The number of hydrogen-bond acceptors (Lipinski definition) is 6. The molecule has 0 aliphatic heterocycles. The zero-order valence-corrected chi connectivity index (χ0v) is 21.4. The number of carbonyl (C=O) groups excluding carboxylic acids is 3. The van der Waals surface area contributed by atoms with Crippen LogP contribution in [0.2, 0.25) is 0 Å². The molecule has 0 aliphatic rings. The van der Waals surface area contributed by atoms with Gasteiger partial charge in [0.25, 0.3) is 5.91 Å². The van der Waals surface area contributed by atoms with Crippen molar-refractivity contribution in [1.29, 1.82) is 0 Å². The standard InChI is InChI=1S/C26H35FN2O5S/c1-4-5-6-7-20(30)16-35-17-24-22(12-13-33-24)29-26(32)23(14-18(2)3)28-25(31)15-34-21-10-8-19(27)9-11-21/h8-13,18,23H,4-7,14-17H2,1-3H3,(H,28,31)(H,29,32)/t23-/m0/s1. The highest BCUT2D eigenvalue weighted by atomic mass is 32.2. The van der Waals surface area contributed by atoms with Crippen LogP contribution in [0.4, 0.5) is 10.1 Å². The number of hydrogen-bond donors (Lipinski definition) is 2. The van der Waals surface area contributed by atoms with Crippen LogP contribution in [-0.4, -0.2) is 36.0 Å². The molecule has 2 amide bonds. The molecule has 0 bridgehead atoms. The summed E-state index contributed by atoms with van der Waals surface area (Å²) in [4.78, 5) is 37.3. The number of unbranched alkanes of at least 4 members (excludes halogenated alkanes) is 2. The number of benzene rings is 1. The Morgan fingerprint density at radius 1 is 1.11 bits per heavy atom. The van der Waals surface area contributed by atoms with Crippen molar-refractivity contribution < 1.29 is 27.9 Å². The number of amides is 2. The number of carbonyl (C=O) groups is 3. The monoisotopic (exact) mass is 506 g/mol. The van der Waals surface area contributed by atoms with Crippen LogP contribution in [0.5, 0.6) is 5.75 Å². The Morgan fingerprint density at radius 2 is 1.86 bits per heavy atom. The van der Waals surface area contributed by atoms with Gasteiger partial charge in [0.2, 0.25) is 5.91 Å². The largest absolute Gasteiger partial charge is 0.484 e. The van der Waals surface area contributed by atoms with Gasteiger partial charge in [0.15, 0.2) is 6.61 Å². The summed E-state index contributed by atoms with van der Waals surface area (Å²) in [6.07, 6.45) is 5.55. The van der Waals surface area contributed by atoms with E-state index < -0.39 is 17.8 Å². The molecule has 1 heterocycles. The third kappa shape index (κ3) is 11.0. The normalized spacial score (nSPS) is 11.8.